The number of hydrazine groups is 1. The van der Waals surface area contributed by atoms with Crippen molar-refractivity contribution in [1.82, 2.24) is 5.43 Å². The lowest BCUT2D eigenvalue weighted by molar-refractivity contribution is 0.380. The van der Waals surface area contributed by atoms with Crippen LogP contribution in [-0.4, -0.2) is 6.04 Å². The van der Waals surface area contributed by atoms with Crippen molar-refractivity contribution in [2.75, 3.05) is 0 Å². The van der Waals surface area contributed by atoms with Gasteiger partial charge in [0.2, 0.25) is 0 Å². The van der Waals surface area contributed by atoms with Crippen molar-refractivity contribution in [2.24, 2.45) is 29.5 Å². The third kappa shape index (κ3) is 2.54. The van der Waals surface area contributed by atoms with Crippen molar-refractivity contribution in [3.8, 4) is 0 Å². The molecular weight excluding hydrogens is 184 g/mol. The van der Waals surface area contributed by atoms with Crippen LogP contribution in [0.2, 0.25) is 0 Å². The van der Waals surface area contributed by atoms with E-state index in [0.29, 0.717) is 6.04 Å². The first-order valence-corrected chi connectivity index (χ1v) is 6.70. The molecule has 2 aliphatic carbocycles. The van der Waals surface area contributed by atoms with Gasteiger partial charge in [0.15, 0.2) is 0 Å². The lowest BCUT2D eigenvalue weighted by Gasteiger charge is -2.17. The highest BCUT2D eigenvalue weighted by atomic mass is 15.2. The van der Waals surface area contributed by atoms with Crippen LogP contribution in [0.5, 0.6) is 0 Å². The minimum absolute atomic E-state index is 0.598. The maximum Gasteiger partial charge on any atom is 0.0244 e. The Kier molecular flexibility index (Phi) is 3.68. The van der Waals surface area contributed by atoms with Crippen LogP contribution in [0.1, 0.15) is 52.4 Å². The SMILES string of the molecule is CC(C)CCC(NN)C1C2CCCCC21. The van der Waals surface area contributed by atoms with Gasteiger partial charge >= 0.3 is 0 Å². The first-order chi connectivity index (χ1) is 7.24. The number of hydrogen-bond donors (Lipinski definition) is 2. The van der Waals surface area contributed by atoms with Crippen molar-refractivity contribution in [3.05, 3.63) is 0 Å². The van der Waals surface area contributed by atoms with Crippen LogP contribution < -0.4 is 11.3 Å². The van der Waals surface area contributed by atoms with Crippen LogP contribution in [0.15, 0.2) is 0 Å². The summed E-state index contributed by atoms with van der Waals surface area (Å²) in [7, 11) is 0. The molecule has 0 heterocycles. The zero-order valence-corrected chi connectivity index (χ0v) is 10.2. The van der Waals surface area contributed by atoms with E-state index in [1.165, 1.54) is 38.5 Å². The van der Waals surface area contributed by atoms with Gasteiger partial charge in [0.1, 0.15) is 0 Å². The van der Waals surface area contributed by atoms with E-state index in [4.69, 9.17) is 5.84 Å². The van der Waals surface area contributed by atoms with Gasteiger partial charge in [-0.25, -0.2) is 0 Å². The molecule has 3 atom stereocenters. The molecule has 2 aliphatic rings. The van der Waals surface area contributed by atoms with Gasteiger partial charge in [0.25, 0.3) is 0 Å². The summed E-state index contributed by atoms with van der Waals surface area (Å²) in [5.41, 5.74) is 3.08. The normalized spacial score (nSPS) is 36.4. The molecule has 0 spiro atoms. The molecule has 2 heteroatoms. The summed E-state index contributed by atoms with van der Waals surface area (Å²) in [6.45, 7) is 4.60. The molecule has 0 amide bonds. The van der Waals surface area contributed by atoms with Crippen molar-refractivity contribution in [3.63, 3.8) is 0 Å². The molecule has 0 aromatic carbocycles. The fraction of sp³-hybridized carbons (Fsp3) is 1.00. The predicted molar refractivity (Wildman–Crippen MR) is 64.1 cm³/mol. The Hall–Kier alpha value is -0.0800. The standard InChI is InChI=1S/C13H26N2/c1-9(2)7-8-12(15-14)13-10-5-3-4-6-11(10)13/h9-13,15H,3-8,14H2,1-2H3. The second-order valence-corrected chi connectivity index (χ2v) is 5.93. The average molecular weight is 210 g/mol. The lowest BCUT2D eigenvalue weighted by atomic mass is 9.99. The van der Waals surface area contributed by atoms with Crippen molar-refractivity contribution in [1.29, 1.82) is 0 Å². The van der Waals surface area contributed by atoms with Crippen molar-refractivity contribution in [2.45, 2.75) is 58.4 Å². The Morgan fingerprint density at radius 3 is 2.20 bits per heavy atom. The summed E-state index contributed by atoms with van der Waals surface area (Å²) < 4.78 is 0. The van der Waals surface area contributed by atoms with Crippen molar-refractivity contribution < 1.29 is 0 Å². The van der Waals surface area contributed by atoms with Crippen molar-refractivity contribution >= 4 is 0 Å². The van der Waals surface area contributed by atoms with Crippen LogP contribution in [-0.2, 0) is 0 Å². The van der Waals surface area contributed by atoms with E-state index in [2.05, 4.69) is 19.3 Å². The quantitative estimate of drug-likeness (QED) is 0.541. The van der Waals surface area contributed by atoms with Crippen LogP contribution in [0.3, 0.4) is 0 Å². The second-order valence-electron chi connectivity index (χ2n) is 5.93. The number of nitrogens with one attached hydrogen (secondary N) is 1. The number of hydrogen-bond acceptors (Lipinski definition) is 2. The van der Waals surface area contributed by atoms with Gasteiger partial charge in [-0.1, -0.05) is 26.7 Å². The molecule has 2 nitrogen and oxygen atoms in total. The molecule has 0 radical (unpaired) electrons. The molecule has 2 fully saturated rings. The molecule has 2 saturated carbocycles. The highest BCUT2D eigenvalue weighted by Gasteiger charge is 2.53. The third-order valence-electron chi connectivity index (χ3n) is 4.46. The smallest absolute Gasteiger partial charge is 0.0244 e. The molecule has 3 N–H and O–H groups in total. The predicted octanol–water partition coefficient (Wildman–Crippen LogP) is 2.69. The Balaban J connectivity index is 1.80. The third-order valence-corrected chi connectivity index (χ3v) is 4.46. The number of nitrogens with two attached hydrogens (primary N) is 1. The van der Waals surface area contributed by atoms with E-state index in [0.717, 1.165) is 23.7 Å². The minimum Gasteiger partial charge on any atom is -0.271 e. The van der Waals surface area contributed by atoms with E-state index >= 15 is 0 Å². The summed E-state index contributed by atoms with van der Waals surface area (Å²) in [5, 5.41) is 0. The maximum atomic E-state index is 5.70. The molecule has 88 valence electrons. The Labute approximate surface area is 94.0 Å². The average Bonchev–Trinajstić information content (AvgIpc) is 2.94. The summed E-state index contributed by atoms with van der Waals surface area (Å²) in [6.07, 6.45) is 8.43. The second kappa shape index (κ2) is 4.84. The van der Waals surface area contributed by atoms with E-state index in [-0.39, 0.29) is 0 Å². The van der Waals surface area contributed by atoms with Crippen LogP contribution in [0.4, 0.5) is 0 Å². The summed E-state index contributed by atoms with van der Waals surface area (Å²) >= 11 is 0. The zero-order valence-electron chi connectivity index (χ0n) is 10.2. The highest BCUT2D eigenvalue weighted by Crippen LogP contribution is 2.57. The monoisotopic (exact) mass is 210 g/mol. The summed E-state index contributed by atoms with van der Waals surface area (Å²) in [6, 6.07) is 0.598. The molecule has 0 bridgehead atoms. The molecule has 0 aliphatic heterocycles. The van der Waals surface area contributed by atoms with Crippen LogP contribution in [0.25, 0.3) is 0 Å². The molecular formula is C13H26N2. The van der Waals surface area contributed by atoms with E-state index in [9.17, 15) is 0 Å². The highest BCUT2D eigenvalue weighted by molar-refractivity contribution is 5.04. The minimum atomic E-state index is 0.598. The van der Waals surface area contributed by atoms with Gasteiger partial charge in [0.05, 0.1) is 0 Å². The zero-order chi connectivity index (χ0) is 10.8. The number of fused-ring (bicyclic) bond motifs is 1. The van der Waals surface area contributed by atoms with Gasteiger partial charge in [-0.2, -0.15) is 0 Å². The first kappa shape index (κ1) is 11.4. The molecule has 2 rings (SSSR count). The largest absolute Gasteiger partial charge is 0.271 e. The summed E-state index contributed by atoms with van der Waals surface area (Å²) in [5.74, 6) is 9.47. The molecule has 0 saturated heterocycles. The summed E-state index contributed by atoms with van der Waals surface area (Å²) in [4.78, 5) is 0. The van der Waals surface area contributed by atoms with Crippen LogP contribution >= 0.6 is 0 Å². The van der Waals surface area contributed by atoms with Gasteiger partial charge < -0.3 is 0 Å². The molecule has 0 aromatic heterocycles. The lowest BCUT2D eigenvalue weighted by Crippen LogP contribution is -2.37. The van der Waals surface area contributed by atoms with E-state index < -0.39 is 0 Å². The topological polar surface area (TPSA) is 38.0 Å². The molecule has 0 aromatic rings. The fourth-order valence-electron chi connectivity index (χ4n) is 3.54. The first-order valence-electron chi connectivity index (χ1n) is 6.70. The fourth-order valence-corrected chi connectivity index (χ4v) is 3.54. The molecule has 15 heavy (non-hydrogen) atoms. The Morgan fingerprint density at radius 1 is 1.13 bits per heavy atom. The van der Waals surface area contributed by atoms with Gasteiger partial charge in [-0.05, 0) is 49.4 Å². The Morgan fingerprint density at radius 2 is 1.73 bits per heavy atom. The maximum absolute atomic E-state index is 5.70. The van der Waals surface area contributed by atoms with E-state index in [1.807, 2.05) is 0 Å². The van der Waals surface area contributed by atoms with Crippen LogP contribution in [0, 0.1) is 23.7 Å². The molecule has 3 unspecified atom stereocenters. The van der Waals surface area contributed by atoms with Gasteiger partial charge in [-0.3, -0.25) is 11.3 Å². The van der Waals surface area contributed by atoms with Gasteiger partial charge in [-0.15, -0.1) is 0 Å². The van der Waals surface area contributed by atoms with Gasteiger partial charge in [0, 0.05) is 6.04 Å². The van der Waals surface area contributed by atoms with E-state index in [1.54, 1.807) is 0 Å². The Bertz CT molecular complexity index is 191. The number of rotatable bonds is 5.